The number of hydrogen-bond donors (Lipinski definition) is 1. The minimum Gasteiger partial charge on any atom is -0.446 e. The maximum absolute atomic E-state index is 13.5. The molecule has 1 saturated heterocycles. The first-order valence-corrected chi connectivity index (χ1v) is 12.0. The van der Waals surface area contributed by atoms with Crippen LogP contribution in [0.2, 0.25) is 0 Å². The second kappa shape index (κ2) is 8.49. The van der Waals surface area contributed by atoms with Crippen molar-refractivity contribution in [3.05, 3.63) is 35.4 Å². The average molecular weight is 463 g/mol. The van der Waals surface area contributed by atoms with Crippen LogP contribution < -0.4 is 5.32 Å². The van der Waals surface area contributed by atoms with Crippen molar-refractivity contribution in [2.45, 2.75) is 76.2 Å². The summed E-state index contributed by atoms with van der Waals surface area (Å²) in [4.78, 5) is 18.7. The zero-order chi connectivity index (χ0) is 23.2. The Hall–Kier alpha value is -2.29. The van der Waals surface area contributed by atoms with Gasteiger partial charge in [0.15, 0.2) is 5.89 Å². The molecule has 1 N–H and O–H groups in total. The Kier molecular flexibility index (Phi) is 5.79. The number of aromatic nitrogens is 2. The third-order valence-electron chi connectivity index (χ3n) is 7.74. The van der Waals surface area contributed by atoms with Crippen molar-refractivity contribution < 1.29 is 22.5 Å². The molecule has 3 fully saturated rings. The van der Waals surface area contributed by atoms with Crippen LogP contribution in [-0.4, -0.2) is 46.6 Å². The van der Waals surface area contributed by atoms with E-state index in [4.69, 9.17) is 8.94 Å². The SMILES string of the molecule is Cc1ncc(CC(=O)N[C@H]2CC[C@H](CCN3CC4C[C@]4(c4cc(C(C)(F)F)on4)C3)CC2)o1. The number of carbonyl (C=O) groups excluding carboxylic acids is 1. The van der Waals surface area contributed by atoms with Gasteiger partial charge in [-0.05, 0) is 56.9 Å². The van der Waals surface area contributed by atoms with E-state index in [1.54, 1.807) is 13.1 Å². The summed E-state index contributed by atoms with van der Waals surface area (Å²) in [6, 6.07) is 1.70. The number of piperidine rings is 1. The highest BCUT2D eigenvalue weighted by Crippen LogP contribution is 2.59. The third-order valence-corrected chi connectivity index (χ3v) is 7.74. The zero-order valence-corrected chi connectivity index (χ0v) is 19.3. The fourth-order valence-electron chi connectivity index (χ4n) is 5.76. The highest BCUT2D eigenvalue weighted by molar-refractivity contribution is 5.78. The smallest absolute Gasteiger partial charge is 0.304 e. The van der Waals surface area contributed by atoms with Gasteiger partial charge in [0.05, 0.1) is 18.3 Å². The van der Waals surface area contributed by atoms with Crippen LogP contribution >= 0.6 is 0 Å². The Morgan fingerprint density at radius 2 is 2.12 bits per heavy atom. The first-order valence-electron chi connectivity index (χ1n) is 12.0. The maximum Gasteiger partial charge on any atom is 0.304 e. The number of fused-ring (bicyclic) bond motifs is 1. The van der Waals surface area contributed by atoms with E-state index in [0.717, 1.165) is 65.1 Å². The number of hydrogen-bond acceptors (Lipinski definition) is 6. The number of rotatable bonds is 8. The molecule has 5 rings (SSSR count). The summed E-state index contributed by atoms with van der Waals surface area (Å²) in [6.45, 7) is 5.53. The minimum absolute atomic E-state index is 0.00645. The van der Waals surface area contributed by atoms with Gasteiger partial charge in [-0.15, -0.1) is 0 Å². The van der Waals surface area contributed by atoms with E-state index in [1.165, 1.54) is 6.07 Å². The van der Waals surface area contributed by atoms with E-state index >= 15 is 0 Å². The largest absolute Gasteiger partial charge is 0.446 e. The fraction of sp³-hybridized carbons (Fsp3) is 0.708. The lowest BCUT2D eigenvalue weighted by Crippen LogP contribution is -2.39. The quantitative estimate of drug-likeness (QED) is 0.639. The lowest BCUT2D eigenvalue weighted by atomic mass is 9.84. The van der Waals surface area contributed by atoms with Crippen molar-refractivity contribution in [1.29, 1.82) is 0 Å². The van der Waals surface area contributed by atoms with Gasteiger partial charge in [-0.25, -0.2) is 4.98 Å². The van der Waals surface area contributed by atoms with Gasteiger partial charge >= 0.3 is 5.92 Å². The Morgan fingerprint density at radius 1 is 1.33 bits per heavy atom. The second-order valence-corrected chi connectivity index (χ2v) is 10.4. The topological polar surface area (TPSA) is 84.4 Å². The summed E-state index contributed by atoms with van der Waals surface area (Å²) in [5, 5.41) is 7.13. The molecule has 3 aliphatic rings. The number of aryl methyl sites for hydroxylation is 1. The van der Waals surface area contributed by atoms with Crippen LogP contribution in [0.1, 0.15) is 68.6 Å². The van der Waals surface area contributed by atoms with Crippen LogP contribution in [0.5, 0.6) is 0 Å². The van der Waals surface area contributed by atoms with Crippen LogP contribution in [0.3, 0.4) is 0 Å². The van der Waals surface area contributed by atoms with Crippen molar-refractivity contribution in [1.82, 2.24) is 20.4 Å². The molecule has 0 bridgehead atoms. The molecule has 0 radical (unpaired) electrons. The second-order valence-electron chi connectivity index (χ2n) is 10.4. The number of halogens is 2. The van der Waals surface area contributed by atoms with Gasteiger partial charge in [-0.1, -0.05) is 5.16 Å². The molecule has 2 atom stereocenters. The molecule has 7 nitrogen and oxygen atoms in total. The number of nitrogens with zero attached hydrogens (tertiary/aromatic N) is 3. The number of likely N-dealkylation sites (tertiary alicyclic amines) is 1. The molecule has 2 aromatic rings. The Labute approximate surface area is 192 Å². The molecule has 180 valence electrons. The van der Waals surface area contributed by atoms with Gasteiger partial charge < -0.3 is 19.2 Å². The van der Waals surface area contributed by atoms with Gasteiger partial charge in [0, 0.05) is 44.5 Å². The highest BCUT2D eigenvalue weighted by Gasteiger charge is 2.62. The lowest BCUT2D eigenvalue weighted by molar-refractivity contribution is -0.121. The highest BCUT2D eigenvalue weighted by atomic mass is 19.3. The summed E-state index contributed by atoms with van der Waals surface area (Å²) in [5.74, 6) is -0.986. The van der Waals surface area contributed by atoms with E-state index in [-0.39, 0.29) is 29.5 Å². The van der Waals surface area contributed by atoms with Gasteiger partial charge in [0.1, 0.15) is 5.76 Å². The first-order chi connectivity index (χ1) is 15.7. The summed E-state index contributed by atoms with van der Waals surface area (Å²) >= 11 is 0. The molecule has 1 unspecified atom stereocenters. The summed E-state index contributed by atoms with van der Waals surface area (Å²) < 4.78 is 37.4. The lowest BCUT2D eigenvalue weighted by Gasteiger charge is -2.30. The molecule has 0 spiro atoms. The molecule has 2 aromatic heterocycles. The van der Waals surface area contributed by atoms with Crippen LogP contribution in [0.4, 0.5) is 8.78 Å². The molecule has 2 aliphatic carbocycles. The van der Waals surface area contributed by atoms with E-state index in [1.807, 2.05) is 0 Å². The van der Waals surface area contributed by atoms with E-state index in [9.17, 15) is 13.6 Å². The van der Waals surface area contributed by atoms with E-state index in [2.05, 4.69) is 20.4 Å². The Bertz CT molecular complexity index is 992. The van der Waals surface area contributed by atoms with Crippen molar-refractivity contribution >= 4 is 5.91 Å². The molecule has 3 heterocycles. The summed E-state index contributed by atoms with van der Waals surface area (Å²) in [7, 11) is 0. The van der Waals surface area contributed by atoms with Crippen molar-refractivity contribution in [2.24, 2.45) is 11.8 Å². The van der Waals surface area contributed by atoms with Gasteiger partial charge in [0.2, 0.25) is 11.7 Å². The van der Waals surface area contributed by atoms with Crippen LogP contribution in [0.15, 0.2) is 21.2 Å². The summed E-state index contributed by atoms with van der Waals surface area (Å²) in [6.07, 6.45) is 8.25. The van der Waals surface area contributed by atoms with Gasteiger partial charge in [0.25, 0.3) is 0 Å². The standard InChI is InChI=1S/C24H32F2N4O3/c1-15-27-12-19(32-15)9-22(31)28-18-5-3-16(4-6-18)7-8-30-13-17-11-24(17,14-30)20-10-21(33-29-20)23(2,25)26/h10,12,16-18H,3-9,11,13-14H2,1-2H3,(H,28,31)/t16-,17?,18-,24-/m0/s1. The maximum atomic E-state index is 13.5. The number of oxazole rings is 1. The Morgan fingerprint density at radius 3 is 2.79 bits per heavy atom. The molecule has 2 saturated carbocycles. The molecule has 1 amide bonds. The predicted octanol–water partition coefficient (Wildman–Crippen LogP) is 3.96. The molecule has 0 aromatic carbocycles. The zero-order valence-electron chi connectivity index (χ0n) is 19.3. The van der Waals surface area contributed by atoms with Crippen LogP contribution in [0.25, 0.3) is 0 Å². The number of alkyl halides is 2. The molecule has 9 heteroatoms. The third kappa shape index (κ3) is 4.83. The van der Waals surface area contributed by atoms with Crippen molar-refractivity contribution in [2.75, 3.05) is 19.6 Å². The van der Waals surface area contributed by atoms with Crippen LogP contribution in [0, 0.1) is 18.8 Å². The van der Waals surface area contributed by atoms with Gasteiger partial charge in [-0.3, -0.25) is 4.79 Å². The number of amides is 1. The summed E-state index contributed by atoms with van der Waals surface area (Å²) in [5.41, 5.74) is 0.611. The normalized spacial score (nSPS) is 29.8. The fourth-order valence-corrected chi connectivity index (χ4v) is 5.76. The Balaban J connectivity index is 1.03. The monoisotopic (exact) mass is 462 g/mol. The molecular formula is C24H32F2N4O3. The van der Waals surface area contributed by atoms with Crippen LogP contribution in [-0.2, 0) is 22.6 Å². The predicted molar refractivity (Wildman–Crippen MR) is 116 cm³/mol. The van der Waals surface area contributed by atoms with Crippen molar-refractivity contribution in [3.8, 4) is 0 Å². The first kappa shape index (κ1) is 22.5. The van der Waals surface area contributed by atoms with Crippen molar-refractivity contribution in [3.63, 3.8) is 0 Å². The average Bonchev–Trinajstić information content (AvgIpc) is 3.18. The molecule has 33 heavy (non-hydrogen) atoms. The van der Waals surface area contributed by atoms with E-state index < -0.39 is 5.92 Å². The number of carbonyl (C=O) groups is 1. The number of nitrogens with one attached hydrogen (secondary N) is 1. The van der Waals surface area contributed by atoms with E-state index in [0.29, 0.717) is 29.2 Å². The minimum atomic E-state index is -2.99. The molecular weight excluding hydrogens is 430 g/mol. The van der Waals surface area contributed by atoms with Gasteiger partial charge in [-0.2, -0.15) is 8.78 Å². The molecule has 1 aliphatic heterocycles.